The topological polar surface area (TPSA) is 59.3 Å². The lowest BCUT2D eigenvalue weighted by molar-refractivity contribution is 0.410. The normalized spacial score (nSPS) is 17.7. The zero-order valence-electron chi connectivity index (χ0n) is 7.76. The van der Waals surface area contributed by atoms with Gasteiger partial charge in [-0.25, -0.2) is 0 Å². The number of hydrogen-bond donors (Lipinski definition) is 1. The number of halogens is 1. The van der Waals surface area contributed by atoms with E-state index < -0.39 is 10.1 Å². The van der Waals surface area contributed by atoms with Gasteiger partial charge in [0.2, 0.25) is 0 Å². The summed E-state index contributed by atoms with van der Waals surface area (Å²) < 4.78 is 32.7. The molecule has 0 saturated heterocycles. The van der Waals surface area contributed by atoms with E-state index in [1.807, 2.05) is 3.97 Å². The maximum atomic E-state index is 11.0. The van der Waals surface area contributed by atoms with Crippen LogP contribution in [0.15, 0.2) is 17.2 Å². The molecule has 0 spiro atoms. The molecule has 0 radical (unpaired) electrons. The van der Waals surface area contributed by atoms with E-state index in [9.17, 15) is 8.42 Å². The molecule has 0 unspecified atom stereocenters. The Bertz CT molecular complexity index is 464. The van der Waals surface area contributed by atoms with E-state index in [1.54, 1.807) is 6.07 Å². The van der Waals surface area contributed by atoms with E-state index in [0.717, 1.165) is 18.5 Å². The first kappa shape index (κ1) is 11.7. The third-order valence-electron chi connectivity index (χ3n) is 2.68. The Balaban J connectivity index is 2.41. The minimum atomic E-state index is -4.07. The molecule has 0 bridgehead atoms. The number of rotatable bonds is 3. The summed E-state index contributed by atoms with van der Waals surface area (Å²) in [6, 6.07) is 1.57. The van der Waals surface area contributed by atoms with Crippen molar-refractivity contribution in [3.05, 3.63) is 18.0 Å². The van der Waals surface area contributed by atoms with E-state index in [0.29, 0.717) is 5.92 Å². The first-order chi connectivity index (χ1) is 7.02. The summed E-state index contributed by atoms with van der Waals surface area (Å²) in [5.41, 5.74) is 0.994. The van der Waals surface area contributed by atoms with Crippen LogP contribution in [0.2, 0.25) is 0 Å². The molecule has 0 amide bonds. The van der Waals surface area contributed by atoms with Gasteiger partial charge in [-0.3, -0.25) is 8.53 Å². The van der Waals surface area contributed by atoms with Crippen molar-refractivity contribution in [2.45, 2.75) is 30.1 Å². The second-order valence-electron chi connectivity index (χ2n) is 3.60. The van der Waals surface area contributed by atoms with Crippen molar-refractivity contribution in [1.29, 1.82) is 0 Å². The smallest absolute Gasteiger partial charge is 0.286 e. The van der Waals surface area contributed by atoms with Gasteiger partial charge in [-0.15, -0.1) is 0 Å². The molecular weight excluding hydrogens is 349 g/mol. The van der Waals surface area contributed by atoms with Crippen molar-refractivity contribution in [3.63, 3.8) is 0 Å². The zero-order chi connectivity index (χ0) is 11.1. The first-order valence-electron chi connectivity index (χ1n) is 4.51. The van der Waals surface area contributed by atoms with Crippen molar-refractivity contribution in [2.75, 3.05) is 0 Å². The third kappa shape index (κ3) is 2.34. The molecule has 15 heavy (non-hydrogen) atoms. The maximum absolute atomic E-state index is 11.0. The molecule has 4 nitrogen and oxygen atoms in total. The monoisotopic (exact) mass is 359 g/mol. The second-order valence-corrected chi connectivity index (χ2v) is 6.73. The van der Waals surface area contributed by atoms with Gasteiger partial charge >= 0.3 is 0 Å². The van der Waals surface area contributed by atoms with Crippen molar-refractivity contribution < 1.29 is 13.0 Å². The first-order valence-corrected chi connectivity index (χ1v) is 9.27. The van der Waals surface area contributed by atoms with Crippen molar-refractivity contribution in [1.82, 2.24) is 3.97 Å². The summed E-state index contributed by atoms with van der Waals surface area (Å²) in [7, 11) is -2.65. The number of hydrogen-bond acceptors (Lipinski definition) is 3. The summed E-state index contributed by atoms with van der Waals surface area (Å²) >= 11 is 2.10. The predicted octanol–water partition coefficient (Wildman–Crippen LogP) is 2.85. The molecule has 84 valence electrons. The van der Waals surface area contributed by atoms with Crippen molar-refractivity contribution >= 4 is 40.4 Å². The highest BCUT2D eigenvalue weighted by atomic mass is 127. The van der Waals surface area contributed by atoms with Gasteiger partial charge in [0.1, 0.15) is 4.90 Å². The average molecular weight is 359 g/mol. The van der Waals surface area contributed by atoms with Gasteiger partial charge < -0.3 is 0 Å². The fourth-order valence-electron chi connectivity index (χ4n) is 1.64. The van der Waals surface area contributed by atoms with E-state index in [1.165, 1.54) is 21.7 Å². The number of nitrogens with zero attached hydrogens (tertiary/aromatic N) is 1. The molecule has 1 heterocycles. The fraction of sp³-hybridized carbons (Fsp3) is 0.500. The Hall–Kier alpha value is 0.270. The second kappa shape index (κ2) is 4.27. The molecule has 1 aliphatic carbocycles. The minimum Gasteiger partial charge on any atom is -0.286 e. The molecule has 0 aromatic carbocycles. The summed E-state index contributed by atoms with van der Waals surface area (Å²) in [6.45, 7) is 0. The van der Waals surface area contributed by atoms with Gasteiger partial charge in [0.25, 0.3) is 10.1 Å². The predicted molar refractivity (Wildman–Crippen MR) is 67.8 cm³/mol. The van der Waals surface area contributed by atoms with Crippen LogP contribution in [-0.4, -0.2) is 16.9 Å². The van der Waals surface area contributed by atoms with Crippen LogP contribution in [0.3, 0.4) is 0 Å². The van der Waals surface area contributed by atoms with Gasteiger partial charge in [-0.05, 0) is 18.9 Å². The Kier molecular flexibility index (Phi) is 3.34. The maximum Gasteiger partial charge on any atom is 0.296 e. The molecular formula is C8H10INO3S2. The van der Waals surface area contributed by atoms with Gasteiger partial charge in [-0.1, -0.05) is 6.42 Å². The highest BCUT2D eigenvalue weighted by Crippen LogP contribution is 2.39. The van der Waals surface area contributed by atoms with Crippen LogP contribution in [0.25, 0.3) is 0 Å². The summed E-state index contributed by atoms with van der Waals surface area (Å²) in [4.78, 5) is -0.00596. The standard InChI is InChI=1S/C8H10INO3S2/c9-14-10-5-7(15(11,12)13)4-8(10)6-2-1-3-6/h4-6H,1-3H2,(H,11,12,13). The fourth-order valence-corrected chi connectivity index (χ4v) is 3.67. The van der Waals surface area contributed by atoms with Crippen molar-refractivity contribution in [2.24, 2.45) is 0 Å². The van der Waals surface area contributed by atoms with Crippen molar-refractivity contribution in [3.8, 4) is 0 Å². The van der Waals surface area contributed by atoms with Crippen LogP contribution >= 0.6 is 30.3 Å². The van der Waals surface area contributed by atoms with Crippen LogP contribution in [0, 0.1) is 0 Å². The molecule has 1 N–H and O–H groups in total. The minimum absolute atomic E-state index is 0.00596. The molecule has 1 aromatic heterocycles. The van der Waals surface area contributed by atoms with E-state index in [-0.39, 0.29) is 4.90 Å². The average Bonchev–Trinajstić information content (AvgIpc) is 2.44. The molecule has 2 rings (SSSR count). The van der Waals surface area contributed by atoms with Crippen LogP contribution in [-0.2, 0) is 10.1 Å². The van der Waals surface area contributed by atoms with Gasteiger partial charge in [0.05, 0.1) is 0 Å². The lowest BCUT2D eigenvalue weighted by Crippen LogP contribution is -2.11. The quantitative estimate of drug-likeness (QED) is 0.666. The summed E-state index contributed by atoms with van der Waals surface area (Å²) in [5.74, 6) is 0.447. The van der Waals surface area contributed by atoms with E-state index in [2.05, 4.69) is 21.2 Å². The van der Waals surface area contributed by atoms with Gasteiger partial charge in [-0.2, -0.15) is 8.42 Å². The highest BCUT2D eigenvalue weighted by molar-refractivity contribution is 14.2. The lowest BCUT2D eigenvalue weighted by Gasteiger charge is -2.25. The van der Waals surface area contributed by atoms with Crippen LogP contribution in [0.4, 0.5) is 0 Å². The Morgan fingerprint density at radius 3 is 2.60 bits per heavy atom. The molecule has 7 heteroatoms. The van der Waals surface area contributed by atoms with Crippen LogP contribution < -0.4 is 0 Å². The largest absolute Gasteiger partial charge is 0.296 e. The van der Waals surface area contributed by atoms with Gasteiger partial charge in [0.15, 0.2) is 0 Å². The zero-order valence-corrected chi connectivity index (χ0v) is 11.5. The molecule has 1 aromatic rings. The highest BCUT2D eigenvalue weighted by Gasteiger charge is 2.25. The SMILES string of the molecule is O=S(=O)(O)c1cc(C2CCC2)n(SI)c1. The lowest BCUT2D eigenvalue weighted by atomic mass is 9.83. The van der Waals surface area contributed by atoms with Crippen LogP contribution in [0.1, 0.15) is 30.9 Å². The molecule has 1 aliphatic rings. The third-order valence-corrected chi connectivity index (χ3v) is 5.24. The number of aromatic nitrogens is 1. The summed E-state index contributed by atoms with van der Waals surface area (Å²) in [6.07, 6.45) is 4.88. The van der Waals surface area contributed by atoms with E-state index in [4.69, 9.17) is 4.55 Å². The van der Waals surface area contributed by atoms with Crippen LogP contribution in [0.5, 0.6) is 0 Å². The summed E-state index contributed by atoms with van der Waals surface area (Å²) in [5, 5.41) is 0. The Labute approximate surface area is 105 Å². The molecule has 0 aliphatic heterocycles. The Morgan fingerprint density at radius 2 is 2.20 bits per heavy atom. The molecule has 1 fully saturated rings. The Morgan fingerprint density at radius 1 is 1.53 bits per heavy atom. The molecule has 1 saturated carbocycles. The molecule has 0 atom stereocenters. The van der Waals surface area contributed by atoms with Gasteiger partial charge in [0, 0.05) is 48.1 Å². The van der Waals surface area contributed by atoms with E-state index >= 15 is 0 Å².